The molecule has 0 fully saturated rings. The first-order valence-electron chi connectivity index (χ1n) is 6.09. The predicted molar refractivity (Wildman–Crippen MR) is 78.2 cm³/mol. The van der Waals surface area contributed by atoms with Gasteiger partial charge in [-0.25, -0.2) is 8.78 Å². The van der Waals surface area contributed by atoms with E-state index in [1.165, 1.54) is 12.1 Å². The van der Waals surface area contributed by atoms with E-state index in [1.807, 2.05) is 0 Å². The van der Waals surface area contributed by atoms with Gasteiger partial charge in [-0.2, -0.15) is 0 Å². The van der Waals surface area contributed by atoms with Crippen LogP contribution in [-0.2, 0) is 12.8 Å². The standard InChI is InChI=1S/C15H13Cl2F2N/c16-11-4-5-13(17)10(6-11)8-12(20)7-9-2-1-3-14(18)15(9)19/h1-6,12H,7-8,20H2. The van der Waals surface area contributed by atoms with E-state index in [2.05, 4.69) is 0 Å². The first-order chi connectivity index (χ1) is 9.47. The van der Waals surface area contributed by atoms with Gasteiger partial charge in [0.1, 0.15) is 0 Å². The third kappa shape index (κ3) is 3.69. The monoisotopic (exact) mass is 315 g/mol. The van der Waals surface area contributed by atoms with Gasteiger partial charge in [-0.1, -0.05) is 35.3 Å². The summed E-state index contributed by atoms with van der Waals surface area (Å²) in [6.45, 7) is 0. The van der Waals surface area contributed by atoms with E-state index in [1.54, 1.807) is 18.2 Å². The molecule has 0 radical (unpaired) electrons. The van der Waals surface area contributed by atoms with Gasteiger partial charge in [-0.3, -0.25) is 0 Å². The molecule has 0 aliphatic rings. The van der Waals surface area contributed by atoms with Crippen LogP contribution < -0.4 is 5.73 Å². The summed E-state index contributed by atoms with van der Waals surface area (Å²) in [7, 11) is 0. The second-order valence-electron chi connectivity index (χ2n) is 4.62. The van der Waals surface area contributed by atoms with Gasteiger partial charge in [-0.05, 0) is 48.2 Å². The fourth-order valence-corrected chi connectivity index (χ4v) is 2.43. The van der Waals surface area contributed by atoms with E-state index in [9.17, 15) is 8.78 Å². The minimum Gasteiger partial charge on any atom is -0.327 e. The van der Waals surface area contributed by atoms with Crippen LogP contribution in [0.25, 0.3) is 0 Å². The zero-order valence-corrected chi connectivity index (χ0v) is 12.1. The Labute approximate surface area is 126 Å². The van der Waals surface area contributed by atoms with Crippen molar-refractivity contribution in [1.82, 2.24) is 0 Å². The van der Waals surface area contributed by atoms with Crippen LogP contribution in [-0.4, -0.2) is 6.04 Å². The van der Waals surface area contributed by atoms with E-state index in [-0.39, 0.29) is 18.0 Å². The Morgan fingerprint density at radius 3 is 2.45 bits per heavy atom. The van der Waals surface area contributed by atoms with Gasteiger partial charge >= 0.3 is 0 Å². The average Bonchev–Trinajstić information content (AvgIpc) is 2.39. The molecule has 0 saturated carbocycles. The van der Waals surface area contributed by atoms with Gasteiger partial charge < -0.3 is 5.73 Å². The second kappa shape index (κ2) is 6.53. The largest absolute Gasteiger partial charge is 0.327 e. The summed E-state index contributed by atoms with van der Waals surface area (Å²) in [5, 5.41) is 1.12. The Balaban J connectivity index is 2.11. The fourth-order valence-electron chi connectivity index (χ4n) is 2.04. The lowest BCUT2D eigenvalue weighted by Crippen LogP contribution is -2.26. The zero-order valence-electron chi connectivity index (χ0n) is 10.5. The molecule has 106 valence electrons. The molecule has 2 rings (SSSR count). The fraction of sp³-hybridized carbons (Fsp3) is 0.200. The molecular formula is C15H13Cl2F2N. The van der Waals surface area contributed by atoms with Gasteiger partial charge in [0.25, 0.3) is 0 Å². The number of hydrogen-bond acceptors (Lipinski definition) is 1. The number of rotatable bonds is 4. The van der Waals surface area contributed by atoms with Crippen molar-refractivity contribution in [3.63, 3.8) is 0 Å². The van der Waals surface area contributed by atoms with Crippen LogP contribution in [0.1, 0.15) is 11.1 Å². The summed E-state index contributed by atoms with van der Waals surface area (Å²) < 4.78 is 26.7. The molecular weight excluding hydrogens is 303 g/mol. The van der Waals surface area contributed by atoms with Crippen molar-refractivity contribution in [3.8, 4) is 0 Å². The van der Waals surface area contributed by atoms with E-state index in [0.717, 1.165) is 11.6 Å². The molecule has 0 aliphatic carbocycles. The number of nitrogens with two attached hydrogens (primary N) is 1. The van der Waals surface area contributed by atoms with Crippen LogP contribution in [0.3, 0.4) is 0 Å². The van der Waals surface area contributed by atoms with E-state index >= 15 is 0 Å². The molecule has 20 heavy (non-hydrogen) atoms. The second-order valence-corrected chi connectivity index (χ2v) is 5.46. The minimum absolute atomic E-state index is 0.229. The van der Waals surface area contributed by atoms with Crippen LogP contribution in [0.2, 0.25) is 10.0 Å². The Hall–Kier alpha value is -1.16. The highest BCUT2D eigenvalue weighted by molar-refractivity contribution is 6.33. The molecule has 1 unspecified atom stereocenters. The highest BCUT2D eigenvalue weighted by atomic mass is 35.5. The molecule has 0 aliphatic heterocycles. The Bertz CT molecular complexity index is 613. The number of hydrogen-bond donors (Lipinski definition) is 1. The van der Waals surface area contributed by atoms with Crippen molar-refractivity contribution in [2.75, 3.05) is 0 Å². The summed E-state index contributed by atoms with van der Waals surface area (Å²) >= 11 is 11.9. The minimum atomic E-state index is -0.865. The SMILES string of the molecule is NC(Cc1cc(Cl)ccc1Cl)Cc1cccc(F)c1F. The van der Waals surface area contributed by atoms with Gasteiger partial charge in [0.15, 0.2) is 11.6 Å². The Kier molecular flexibility index (Phi) is 4.97. The molecule has 2 aromatic rings. The van der Waals surface area contributed by atoms with Gasteiger partial charge in [0, 0.05) is 16.1 Å². The van der Waals surface area contributed by atoms with Crippen molar-refractivity contribution in [1.29, 1.82) is 0 Å². The third-order valence-corrected chi connectivity index (χ3v) is 3.61. The van der Waals surface area contributed by atoms with Crippen LogP contribution >= 0.6 is 23.2 Å². The van der Waals surface area contributed by atoms with Crippen molar-refractivity contribution in [3.05, 3.63) is 69.2 Å². The van der Waals surface area contributed by atoms with Gasteiger partial charge in [0.2, 0.25) is 0 Å². The lowest BCUT2D eigenvalue weighted by atomic mass is 9.99. The smallest absolute Gasteiger partial charge is 0.162 e. The van der Waals surface area contributed by atoms with Crippen LogP contribution in [0.15, 0.2) is 36.4 Å². The maximum Gasteiger partial charge on any atom is 0.162 e. The molecule has 0 spiro atoms. The lowest BCUT2D eigenvalue weighted by Gasteiger charge is -2.14. The highest BCUT2D eigenvalue weighted by Crippen LogP contribution is 2.22. The average molecular weight is 316 g/mol. The molecule has 0 amide bonds. The Morgan fingerprint density at radius 1 is 1.00 bits per heavy atom. The third-order valence-electron chi connectivity index (χ3n) is 3.00. The normalized spacial score (nSPS) is 12.4. The van der Waals surface area contributed by atoms with Gasteiger partial charge in [-0.15, -0.1) is 0 Å². The van der Waals surface area contributed by atoms with Crippen LogP contribution in [0.5, 0.6) is 0 Å². The summed E-state index contributed by atoms with van der Waals surface area (Å²) in [5.41, 5.74) is 7.04. The van der Waals surface area contributed by atoms with Crippen molar-refractivity contribution < 1.29 is 8.78 Å². The van der Waals surface area contributed by atoms with E-state index < -0.39 is 11.6 Å². The molecule has 0 saturated heterocycles. The first kappa shape index (κ1) is 15.2. The topological polar surface area (TPSA) is 26.0 Å². The van der Waals surface area contributed by atoms with Crippen LogP contribution in [0, 0.1) is 11.6 Å². The Morgan fingerprint density at radius 2 is 1.70 bits per heavy atom. The predicted octanol–water partition coefficient (Wildman–Crippen LogP) is 4.38. The molecule has 5 heteroatoms. The number of benzene rings is 2. The maximum absolute atomic E-state index is 13.6. The summed E-state index contributed by atoms with van der Waals surface area (Å²) in [6.07, 6.45) is 0.668. The summed E-state index contributed by atoms with van der Waals surface area (Å²) in [4.78, 5) is 0. The maximum atomic E-state index is 13.6. The van der Waals surface area contributed by atoms with Crippen LogP contribution in [0.4, 0.5) is 8.78 Å². The molecule has 0 heterocycles. The van der Waals surface area contributed by atoms with Gasteiger partial charge in [0.05, 0.1) is 0 Å². The van der Waals surface area contributed by atoms with E-state index in [0.29, 0.717) is 16.5 Å². The summed E-state index contributed by atoms with van der Waals surface area (Å²) in [5.74, 6) is -1.71. The molecule has 0 aromatic heterocycles. The van der Waals surface area contributed by atoms with Crippen molar-refractivity contribution >= 4 is 23.2 Å². The van der Waals surface area contributed by atoms with E-state index in [4.69, 9.17) is 28.9 Å². The summed E-state index contributed by atoms with van der Waals surface area (Å²) in [6, 6.07) is 8.80. The molecule has 2 aromatic carbocycles. The quantitative estimate of drug-likeness (QED) is 0.890. The highest BCUT2D eigenvalue weighted by Gasteiger charge is 2.13. The van der Waals surface area contributed by atoms with Crippen molar-refractivity contribution in [2.24, 2.45) is 5.73 Å². The molecule has 1 nitrogen and oxygen atoms in total. The first-order valence-corrected chi connectivity index (χ1v) is 6.85. The van der Waals surface area contributed by atoms with Crippen molar-refractivity contribution in [2.45, 2.75) is 18.9 Å². The lowest BCUT2D eigenvalue weighted by molar-refractivity contribution is 0.492. The number of halogens is 4. The zero-order chi connectivity index (χ0) is 14.7. The molecule has 2 N–H and O–H groups in total. The molecule has 1 atom stereocenters. The molecule has 0 bridgehead atoms.